The number of aryl methyl sites for hydroxylation is 1. The molecule has 2 atom stereocenters. The fourth-order valence-corrected chi connectivity index (χ4v) is 4.58. The fourth-order valence-electron chi connectivity index (χ4n) is 4.58. The van der Waals surface area contributed by atoms with Gasteiger partial charge in [-0.2, -0.15) is 18.2 Å². The number of nitrogens with one attached hydrogen (secondary N) is 2. The first kappa shape index (κ1) is 23.7. The minimum atomic E-state index is -4.94. The van der Waals surface area contributed by atoms with Crippen molar-refractivity contribution in [1.29, 1.82) is 0 Å². The maximum Gasteiger partial charge on any atom is 0.471 e. The summed E-state index contributed by atoms with van der Waals surface area (Å²) in [5, 5.41) is 5.71. The van der Waals surface area contributed by atoms with Crippen molar-refractivity contribution in [3.8, 4) is 0 Å². The first-order chi connectivity index (χ1) is 16.1. The van der Waals surface area contributed by atoms with E-state index < -0.39 is 30.0 Å². The van der Waals surface area contributed by atoms with Crippen LogP contribution in [0.5, 0.6) is 0 Å². The van der Waals surface area contributed by atoms with E-state index in [-0.39, 0.29) is 30.8 Å². The summed E-state index contributed by atoms with van der Waals surface area (Å²) in [6.07, 6.45) is -3.11. The van der Waals surface area contributed by atoms with Crippen molar-refractivity contribution in [3.05, 3.63) is 41.3 Å². The van der Waals surface area contributed by atoms with Gasteiger partial charge in [0.05, 0.1) is 18.3 Å². The number of carbonyl (C=O) groups is 2. The normalized spacial score (nSPS) is 19.8. The molecule has 2 fully saturated rings. The maximum absolute atomic E-state index is 14.6. The van der Waals surface area contributed by atoms with Crippen LogP contribution in [0, 0.1) is 12.7 Å². The van der Waals surface area contributed by atoms with Crippen LogP contribution in [0.15, 0.2) is 24.4 Å². The van der Waals surface area contributed by atoms with Gasteiger partial charge in [-0.25, -0.2) is 9.37 Å². The summed E-state index contributed by atoms with van der Waals surface area (Å²) >= 11 is 0. The van der Waals surface area contributed by atoms with Gasteiger partial charge in [-0.15, -0.1) is 0 Å². The Bertz CT molecular complexity index is 1100. The van der Waals surface area contributed by atoms with Crippen LogP contribution in [0.2, 0.25) is 0 Å². The summed E-state index contributed by atoms with van der Waals surface area (Å²) < 4.78 is 53.5. The Morgan fingerprint density at radius 3 is 2.44 bits per heavy atom. The van der Waals surface area contributed by atoms with E-state index in [1.807, 2.05) is 6.92 Å². The number of piperazine rings is 1. The minimum absolute atomic E-state index is 0.0378. The highest BCUT2D eigenvalue weighted by Gasteiger charge is 2.52. The molecule has 0 radical (unpaired) electrons. The number of rotatable bonds is 5. The summed E-state index contributed by atoms with van der Waals surface area (Å²) in [4.78, 5) is 34.6. The Hall–Kier alpha value is -3.44. The van der Waals surface area contributed by atoms with E-state index in [1.54, 1.807) is 30.0 Å². The van der Waals surface area contributed by atoms with Gasteiger partial charge in [0.25, 0.3) is 5.91 Å². The molecule has 2 aliphatic heterocycles. The second kappa shape index (κ2) is 9.07. The molecule has 1 aromatic carbocycles. The zero-order valence-corrected chi connectivity index (χ0v) is 18.6. The topological polar surface area (TPSA) is 90.5 Å². The van der Waals surface area contributed by atoms with Crippen molar-refractivity contribution in [1.82, 2.24) is 20.2 Å². The lowest BCUT2D eigenvalue weighted by Crippen LogP contribution is -2.59. The number of alkyl halides is 3. The SMILES string of the molecule is CCNC(=O)c1ccc(Nc2ncc(F)c(N3CC4CC[C@@H](C3)N4C(=O)C(F)(F)F)n2)cc1C. The van der Waals surface area contributed by atoms with Crippen molar-refractivity contribution in [2.45, 2.75) is 44.9 Å². The minimum Gasteiger partial charge on any atom is -0.352 e. The molecular formula is C22H24F4N6O2. The number of fused-ring (bicyclic) bond motifs is 2. The zero-order chi connectivity index (χ0) is 24.6. The second-order valence-corrected chi connectivity index (χ2v) is 8.38. The third-order valence-corrected chi connectivity index (χ3v) is 6.05. The summed E-state index contributed by atoms with van der Waals surface area (Å²) in [6, 6.07) is 3.73. The van der Waals surface area contributed by atoms with Crippen LogP contribution in [-0.2, 0) is 4.79 Å². The molecule has 0 saturated carbocycles. The van der Waals surface area contributed by atoms with Gasteiger partial charge in [0.2, 0.25) is 5.95 Å². The predicted molar refractivity (Wildman–Crippen MR) is 116 cm³/mol. The molecule has 2 aromatic rings. The third kappa shape index (κ3) is 4.62. The number of carbonyl (C=O) groups excluding carboxylic acids is 2. The monoisotopic (exact) mass is 480 g/mol. The number of aromatic nitrogens is 2. The molecule has 182 valence electrons. The van der Waals surface area contributed by atoms with Gasteiger partial charge in [-0.05, 0) is 50.5 Å². The van der Waals surface area contributed by atoms with E-state index in [0.717, 1.165) is 16.7 Å². The van der Waals surface area contributed by atoms with E-state index in [4.69, 9.17) is 0 Å². The zero-order valence-electron chi connectivity index (χ0n) is 18.6. The van der Waals surface area contributed by atoms with Crippen LogP contribution in [0.1, 0.15) is 35.7 Å². The van der Waals surface area contributed by atoms with E-state index in [2.05, 4.69) is 20.6 Å². The van der Waals surface area contributed by atoms with Gasteiger partial charge in [0, 0.05) is 30.9 Å². The van der Waals surface area contributed by atoms with E-state index in [0.29, 0.717) is 30.6 Å². The average Bonchev–Trinajstić information content (AvgIpc) is 3.02. The summed E-state index contributed by atoms with van der Waals surface area (Å²) in [6.45, 7) is 4.21. The molecule has 2 bridgehead atoms. The summed E-state index contributed by atoms with van der Waals surface area (Å²) in [5.41, 5.74) is 1.83. The first-order valence-electron chi connectivity index (χ1n) is 10.9. The van der Waals surface area contributed by atoms with Crippen molar-refractivity contribution in [3.63, 3.8) is 0 Å². The fraction of sp³-hybridized carbons (Fsp3) is 0.455. The summed E-state index contributed by atoms with van der Waals surface area (Å²) in [7, 11) is 0. The number of hydrogen-bond acceptors (Lipinski definition) is 6. The van der Waals surface area contributed by atoms with Crippen molar-refractivity contribution >= 4 is 29.3 Å². The number of amides is 2. The maximum atomic E-state index is 14.6. The standard InChI is InChI=1S/C22H24F4N6O2/c1-3-27-19(33)16-7-4-13(8-12(16)2)29-21-28-9-17(23)18(30-21)31-10-14-5-6-15(11-31)32(14)20(34)22(24,25)26/h4,7-9,14-15H,3,5-6,10-11H2,1-2H3,(H,27,33)(H,28,29,30)/t14-,15?/m0/s1. The molecule has 0 spiro atoms. The molecule has 1 unspecified atom stereocenters. The van der Waals surface area contributed by atoms with Gasteiger partial charge < -0.3 is 20.4 Å². The molecular weight excluding hydrogens is 456 g/mol. The van der Waals surface area contributed by atoms with Gasteiger partial charge in [0.1, 0.15) is 0 Å². The van der Waals surface area contributed by atoms with Gasteiger partial charge in [0.15, 0.2) is 11.6 Å². The molecule has 8 nitrogen and oxygen atoms in total. The number of benzene rings is 1. The Balaban J connectivity index is 1.51. The van der Waals surface area contributed by atoms with Crippen molar-refractivity contribution < 1.29 is 27.2 Å². The van der Waals surface area contributed by atoms with Crippen LogP contribution in [0.25, 0.3) is 0 Å². The van der Waals surface area contributed by atoms with Crippen LogP contribution in [0.4, 0.5) is 35.0 Å². The van der Waals surface area contributed by atoms with Crippen molar-refractivity contribution in [2.24, 2.45) is 0 Å². The van der Waals surface area contributed by atoms with Crippen LogP contribution < -0.4 is 15.5 Å². The van der Waals surface area contributed by atoms with E-state index >= 15 is 0 Å². The lowest BCUT2D eigenvalue weighted by Gasteiger charge is -2.41. The predicted octanol–water partition coefficient (Wildman–Crippen LogP) is 3.16. The highest BCUT2D eigenvalue weighted by atomic mass is 19.4. The number of halogens is 4. The molecule has 3 heterocycles. The molecule has 12 heteroatoms. The molecule has 2 amide bonds. The Morgan fingerprint density at radius 1 is 1.18 bits per heavy atom. The number of anilines is 3. The molecule has 34 heavy (non-hydrogen) atoms. The summed E-state index contributed by atoms with van der Waals surface area (Å²) in [5.74, 6) is -2.68. The second-order valence-electron chi connectivity index (χ2n) is 8.38. The molecule has 2 N–H and O–H groups in total. The van der Waals surface area contributed by atoms with Crippen LogP contribution >= 0.6 is 0 Å². The number of nitrogens with zero attached hydrogens (tertiary/aromatic N) is 4. The lowest BCUT2D eigenvalue weighted by atomic mass is 10.1. The third-order valence-electron chi connectivity index (χ3n) is 6.05. The van der Waals surface area contributed by atoms with E-state index in [9.17, 15) is 27.2 Å². The molecule has 2 saturated heterocycles. The largest absolute Gasteiger partial charge is 0.471 e. The van der Waals surface area contributed by atoms with E-state index in [1.165, 1.54) is 0 Å². The molecule has 2 aliphatic rings. The van der Waals surface area contributed by atoms with Gasteiger partial charge in [-0.1, -0.05) is 0 Å². The smallest absolute Gasteiger partial charge is 0.352 e. The highest BCUT2D eigenvalue weighted by molar-refractivity contribution is 5.96. The van der Waals surface area contributed by atoms with Gasteiger partial charge >= 0.3 is 12.1 Å². The van der Waals surface area contributed by atoms with Gasteiger partial charge in [-0.3, -0.25) is 9.59 Å². The Labute approximate surface area is 193 Å². The van der Waals surface area contributed by atoms with Crippen LogP contribution in [0.3, 0.4) is 0 Å². The quantitative estimate of drug-likeness (QED) is 0.639. The highest BCUT2D eigenvalue weighted by Crippen LogP contribution is 2.36. The molecule has 4 rings (SSSR count). The first-order valence-corrected chi connectivity index (χ1v) is 10.9. The molecule has 1 aromatic heterocycles. The van der Waals surface area contributed by atoms with Crippen LogP contribution in [-0.4, -0.2) is 64.6 Å². The Morgan fingerprint density at radius 2 is 1.85 bits per heavy atom. The lowest BCUT2D eigenvalue weighted by molar-refractivity contribution is -0.188. The number of hydrogen-bond donors (Lipinski definition) is 2. The van der Waals surface area contributed by atoms with Crippen molar-refractivity contribution in [2.75, 3.05) is 29.9 Å². The molecule has 0 aliphatic carbocycles. The average molecular weight is 480 g/mol. The Kier molecular flexibility index (Phi) is 6.32.